The molecule has 0 aliphatic carbocycles. The highest BCUT2D eigenvalue weighted by atomic mass is 35.5. The van der Waals surface area contributed by atoms with Crippen molar-refractivity contribution in [3.05, 3.63) is 112 Å². The van der Waals surface area contributed by atoms with E-state index in [-0.39, 0.29) is 5.91 Å². The fourth-order valence-corrected chi connectivity index (χ4v) is 4.84. The second kappa shape index (κ2) is 9.32. The van der Waals surface area contributed by atoms with Gasteiger partial charge in [-0.1, -0.05) is 59.6 Å². The van der Waals surface area contributed by atoms with E-state index in [0.29, 0.717) is 31.6 Å². The molecule has 7 heteroatoms. The minimum atomic E-state index is -0.164. The predicted molar refractivity (Wildman–Crippen MR) is 137 cm³/mol. The van der Waals surface area contributed by atoms with Crippen molar-refractivity contribution in [2.45, 2.75) is 0 Å². The molecular formula is C26H16Cl2N2O2S. The number of anilines is 1. The lowest BCUT2D eigenvalue weighted by molar-refractivity contribution is -0.113. The van der Waals surface area contributed by atoms with E-state index in [4.69, 9.17) is 32.6 Å². The van der Waals surface area contributed by atoms with E-state index in [2.05, 4.69) is 0 Å². The van der Waals surface area contributed by atoms with Gasteiger partial charge in [-0.25, -0.2) is 4.99 Å². The van der Waals surface area contributed by atoms with Gasteiger partial charge in [0.2, 0.25) is 0 Å². The van der Waals surface area contributed by atoms with Gasteiger partial charge in [0.1, 0.15) is 11.5 Å². The molecular weight excluding hydrogens is 475 g/mol. The first-order chi connectivity index (χ1) is 16.1. The molecule has 0 spiro atoms. The molecule has 3 aromatic carbocycles. The van der Waals surface area contributed by atoms with Crippen LogP contribution in [-0.4, -0.2) is 11.1 Å². The molecule has 0 bridgehead atoms. The lowest BCUT2D eigenvalue weighted by Crippen LogP contribution is -2.28. The first kappa shape index (κ1) is 21.6. The van der Waals surface area contributed by atoms with E-state index >= 15 is 0 Å². The van der Waals surface area contributed by atoms with E-state index < -0.39 is 0 Å². The number of nitrogens with zero attached hydrogens (tertiary/aromatic N) is 2. The molecule has 0 radical (unpaired) electrons. The molecule has 1 aromatic heterocycles. The fraction of sp³-hybridized carbons (Fsp3) is 0. The number of para-hydroxylation sites is 2. The highest BCUT2D eigenvalue weighted by Crippen LogP contribution is 2.38. The van der Waals surface area contributed by atoms with Gasteiger partial charge in [-0.05, 0) is 66.4 Å². The molecule has 1 aliphatic heterocycles. The summed E-state index contributed by atoms with van der Waals surface area (Å²) in [6.07, 6.45) is 1.73. The Balaban J connectivity index is 1.51. The minimum absolute atomic E-state index is 0.164. The fourth-order valence-electron chi connectivity index (χ4n) is 3.36. The quantitative estimate of drug-likeness (QED) is 0.271. The molecule has 5 rings (SSSR count). The van der Waals surface area contributed by atoms with Gasteiger partial charge in [-0.3, -0.25) is 9.69 Å². The number of rotatable bonds is 4. The summed E-state index contributed by atoms with van der Waals surface area (Å²) in [5, 5.41) is 1.63. The third-order valence-electron chi connectivity index (χ3n) is 4.90. The summed E-state index contributed by atoms with van der Waals surface area (Å²) in [5.74, 6) is 0.973. The third kappa shape index (κ3) is 4.62. The average molecular weight is 491 g/mol. The second-order valence-corrected chi connectivity index (χ2v) is 9.00. The van der Waals surface area contributed by atoms with E-state index in [1.54, 1.807) is 35.2 Å². The molecule has 2 heterocycles. The Morgan fingerprint density at radius 1 is 0.879 bits per heavy atom. The Labute approximate surface area is 205 Å². The van der Waals surface area contributed by atoms with Gasteiger partial charge in [0, 0.05) is 16.7 Å². The van der Waals surface area contributed by atoms with Crippen LogP contribution >= 0.6 is 35.0 Å². The summed E-state index contributed by atoms with van der Waals surface area (Å²) >= 11 is 13.6. The summed E-state index contributed by atoms with van der Waals surface area (Å²) in [6.45, 7) is 0. The van der Waals surface area contributed by atoms with Crippen LogP contribution in [0.5, 0.6) is 0 Å². The first-order valence-corrected chi connectivity index (χ1v) is 11.6. The van der Waals surface area contributed by atoms with E-state index in [1.807, 2.05) is 66.7 Å². The molecule has 4 aromatic rings. The van der Waals surface area contributed by atoms with E-state index in [0.717, 1.165) is 16.9 Å². The van der Waals surface area contributed by atoms with Gasteiger partial charge < -0.3 is 4.42 Å². The van der Waals surface area contributed by atoms with Gasteiger partial charge in [0.15, 0.2) is 5.17 Å². The van der Waals surface area contributed by atoms with Crippen molar-refractivity contribution in [3.8, 4) is 11.3 Å². The van der Waals surface area contributed by atoms with Crippen LogP contribution in [0.2, 0.25) is 10.0 Å². The molecule has 162 valence electrons. The van der Waals surface area contributed by atoms with Crippen LogP contribution in [0.15, 0.2) is 105 Å². The van der Waals surface area contributed by atoms with Crippen molar-refractivity contribution in [1.82, 2.24) is 0 Å². The Morgan fingerprint density at radius 2 is 1.61 bits per heavy atom. The number of hydrogen-bond acceptors (Lipinski definition) is 4. The van der Waals surface area contributed by atoms with Crippen LogP contribution in [0.4, 0.5) is 11.4 Å². The summed E-state index contributed by atoms with van der Waals surface area (Å²) < 4.78 is 5.97. The first-order valence-electron chi connectivity index (χ1n) is 10.1. The molecule has 1 amide bonds. The summed E-state index contributed by atoms with van der Waals surface area (Å²) in [5.41, 5.74) is 2.25. The lowest BCUT2D eigenvalue weighted by Gasteiger charge is -2.15. The van der Waals surface area contributed by atoms with Crippen molar-refractivity contribution < 1.29 is 9.21 Å². The van der Waals surface area contributed by atoms with E-state index in [1.165, 1.54) is 11.8 Å². The van der Waals surface area contributed by atoms with Crippen molar-refractivity contribution in [1.29, 1.82) is 0 Å². The van der Waals surface area contributed by atoms with Crippen molar-refractivity contribution in [2.75, 3.05) is 4.90 Å². The Hall–Kier alpha value is -3.25. The summed E-state index contributed by atoms with van der Waals surface area (Å²) in [4.78, 5) is 20.2. The normalized spacial score (nSPS) is 16.2. The van der Waals surface area contributed by atoms with E-state index in [9.17, 15) is 4.79 Å². The molecule has 0 atom stereocenters. The number of halogens is 2. The Bertz CT molecular complexity index is 1380. The van der Waals surface area contributed by atoms with Gasteiger partial charge in [0.25, 0.3) is 5.91 Å². The standard InChI is InChI=1S/C26H16Cl2N2O2S/c27-17-11-13-21(22(28)15-17)23-14-12-20(32-23)16-24-25(31)30(19-9-5-2-6-10-19)26(33-24)29-18-7-3-1-4-8-18/h1-16H/b24-16+,29-26?. The zero-order chi connectivity index (χ0) is 22.8. The number of amides is 1. The van der Waals surface area contributed by atoms with Crippen LogP contribution in [0.25, 0.3) is 17.4 Å². The van der Waals surface area contributed by atoms with Gasteiger partial charge >= 0.3 is 0 Å². The number of carbonyl (C=O) groups excluding carboxylic acids is 1. The monoisotopic (exact) mass is 490 g/mol. The lowest BCUT2D eigenvalue weighted by atomic mass is 10.2. The summed E-state index contributed by atoms with van der Waals surface area (Å²) in [7, 11) is 0. The zero-order valence-electron chi connectivity index (χ0n) is 17.1. The number of benzene rings is 3. The third-order valence-corrected chi connectivity index (χ3v) is 6.42. The summed E-state index contributed by atoms with van der Waals surface area (Å²) in [6, 6.07) is 27.9. The van der Waals surface area contributed by atoms with Crippen LogP contribution < -0.4 is 4.90 Å². The van der Waals surface area contributed by atoms with Gasteiger partial charge in [0.05, 0.1) is 21.3 Å². The number of carbonyl (C=O) groups is 1. The zero-order valence-corrected chi connectivity index (χ0v) is 19.4. The molecule has 1 fully saturated rings. The van der Waals surface area contributed by atoms with Crippen molar-refractivity contribution in [3.63, 3.8) is 0 Å². The average Bonchev–Trinajstić information content (AvgIpc) is 3.40. The largest absolute Gasteiger partial charge is 0.457 e. The molecule has 33 heavy (non-hydrogen) atoms. The molecule has 1 saturated heterocycles. The van der Waals surface area contributed by atoms with Crippen molar-refractivity contribution >= 4 is 63.5 Å². The van der Waals surface area contributed by atoms with Crippen LogP contribution in [0.1, 0.15) is 5.76 Å². The number of thioether (sulfide) groups is 1. The Kier molecular flexibility index (Phi) is 6.09. The molecule has 4 nitrogen and oxygen atoms in total. The van der Waals surface area contributed by atoms with Crippen molar-refractivity contribution in [2.24, 2.45) is 4.99 Å². The topological polar surface area (TPSA) is 45.8 Å². The maximum Gasteiger partial charge on any atom is 0.271 e. The predicted octanol–water partition coefficient (Wildman–Crippen LogP) is 8.06. The molecule has 0 unspecified atom stereocenters. The number of furan rings is 1. The maximum atomic E-state index is 13.4. The molecule has 1 aliphatic rings. The van der Waals surface area contributed by atoms with Crippen LogP contribution in [-0.2, 0) is 4.79 Å². The van der Waals surface area contributed by atoms with Gasteiger partial charge in [-0.2, -0.15) is 0 Å². The van der Waals surface area contributed by atoms with Crippen LogP contribution in [0, 0.1) is 0 Å². The minimum Gasteiger partial charge on any atom is -0.457 e. The molecule has 0 saturated carbocycles. The van der Waals surface area contributed by atoms with Crippen LogP contribution in [0.3, 0.4) is 0 Å². The highest BCUT2D eigenvalue weighted by molar-refractivity contribution is 8.19. The number of amidine groups is 1. The van der Waals surface area contributed by atoms with Gasteiger partial charge in [-0.15, -0.1) is 0 Å². The SMILES string of the molecule is O=C1/C(=C\c2ccc(-c3ccc(Cl)cc3Cl)o2)SC(=Nc2ccccc2)N1c1ccccc1. The molecule has 0 N–H and O–H groups in total. The Morgan fingerprint density at radius 3 is 2.33 bits per heavy atom. The highest BCUT2D eigenvalue weighted by Gasteiger charge is 2.35. The number of aliphatic imine (C=N–C) groups is 1. The second-order valence-electron chi connectivity index (χ2n) is 7.14. The smallest absolute Gasteiger partial charge is 0.271 e. The maximum absolute atomic E-state index is 13.4. The number of hydrogen-bond donors (Lipinski definition) is 0.